The van der Waals surface area contributed by atoms with E-state index in [0.29, 0.717) is 10.6 Å². The van der Waals surface area contributed by atoms with Crippen LogP contribution in [0.2, 0.25) is 5.02 Å². The number of phenols is 1. The maximum Gasteiger partial charge on any atom is 0.194 e. The summed E-state index contributed by atoms with van der Waals surface area (Å²) in [6.45, 7) is 0. The molecule has 1 unspecified atom stereocenters. The second kappa shape index (κ2) is 9.12. The van der Waals surface area contributed by atoms with Crippen molar-refractivity contribution < 1.29 is 14.4 Å². The Bertz CT molecular complexity index is 1100. The van der Waals surface area contributed by atoms with Crippen molar-refractivity contribution in [2.75, 3.05) is 18.7 Å². The summed E-state index contributed by atoms with van der Waals surface area (Å²) in [7, 11) is 1.49. The number of nitrogens with one attached hydrogen (secondary N) is 1. The SMILES string of the molecule is COc1cc(-c2ccc3ncc([S+](C)[O-])c(NC4CCC(N)CC4)c3c2)cc(Cl)c1O. The standard InChI is InChI=1S/C23H26ClN3O3S/c1-30-20-11-14(10-18(24)23(20)28)13-3-8-19-17(9-13)22(21(12-26-19)31(2)29)27-16-6-4-15(25)5-7-16/h3,8-12,15-16,28H,4-7,25H2,1-2H3,(H,26,27). The predicted molar refractivity (Wildman–Crippen MR) is 127 cm³/mol. The van der Waals surface area contributed by atoms with Crippen LogP contribution in [0.15, 0.2) is 41.4 Å². The van der Waals surface area contributed by atoms with Gasteiger partial charge in [0.15, 0.2) is 16.4 Å². The number of halogens is 1. The number of pyridine rings is 1. The summed E-state index contributed by atoms with van der Waals surface area (Å²) in [4.78, 5) is 5.21. The molecule has 31 heavy (non-hydrogen) atoms. The van der Waals surface area contributed by atoms with Crippen LogP contribution in [0, 0.1) is 0 Å². The lowest BCUT2D eigenvalue weighted by Gasteiger charge is -2.28. The largest absolute Gasteiger partial charge is 0.612 e. The number of phenolic OH excluding ortho intramolecular Hbond substituents is 1. The molecule has 0 radical (unpaired) electrons. The van der Waals surface area contributed by atoms with Crippen LogP contribution >= 0.6 is 11.6 Å². The third kappa shape index (κ3) is 4.55. The van der Waals surface area contributed by atoms with E-state index in [2.05, 4.69) is 10.3 Å². The molecule has 0 aliphatic heterocycles. The van der Waals surface area contributed by atoms with Crippen LogP contribution < -0.4 is 15.8 Å². The molecule has 2 aromatic carbocycles. The van der Waals surface area contributed by atoms with Crippen LogP contribution in [0.25, 0.3) is 22.0 Å². The van der Waals surface area contributed by atoms with E-state index in [4.69, 9.17) is 22.1 Å². The van der Waals surface area contributed by atoms with E-state index >= 15 is 0 Å². The van der Waals surface area contributed by atoms with Gasteiger partial charge in [0.05, 0.1) is 23.8 Å². The van der Waals surface area contributed by atoms with Gasteiger partial charge < -0.3 is 25.4 Å². The van der Waals surface area contributed by atoms with Crippen molar-refractivity contribution in [3.63, 3.8) is 0 Å². The Morgan fingerprint density at radius 1 is 1.19 bits per heavy atom. The predicted octanol–water partition coefficient (Wildman–Crippen LogP) is 4.69. The Hall–Kier alpha value is -2.19. The smallest absolute Gasteiger partial charge is 0.194 e. The molecule has 0 amide bonds. The topological polar surface area (TPSA) is 103 Å². The Kier molecular flexibility index (Phi) is 6.48. The summed E-state index contributed by atoms with van der Waals surface area (Å²) in [6.07, 6.45) is 7.26. The van der Waals surface area contributed by atoms with Crippen LogP contribution in [0.5, 0.6) is 11.5 Å². The van der Waals surface area contributed by atoms with E-state index in [1.54, 1.807) is 24.6 Å². The van der Waals surface area contributed by atoms with E-state index in [1.165, 1.54) is 7.11 Å². The first-order chi connectivity index (χ1) is 14.9. The number of anilines is 1. The van der Waals surface area contributed by atoms with Crippen LogP contribution in [0.3, 0.4) is 0 Å². The molecule has 1 heterocycles. The fourth-order valence-corrected chi connectivity index (χ4v) is 4.95. The lowest BCUT2D eigenvalue weighted by molar-refractivity contribution is 0.374. The van der Waals surface area contributed by atoms with Gasteiger partial charge in [0.2, 0.25) is 0 Å². The van der Waals surface area contributed by atoms with E-state index in [9.17, 15) is 9.66 Å². The van der Waals surface area contributed by atoms with Gasteiger partial charge in [0, 0.05) is 17.5 Å². The number of methoxy groups -OCH3 is 1. The first kappa shape index (κ1) is 22.0. The summed E-state index contributed by atoms with van der Waals surface area (Å²) < 4.78 is 17.7. The summed E-state index contributed by atoms with van der Waals surface area (Å²) in [5.41, 5.74) is 9.42. The molecule has 3 aromatic rings. The fourth-order valence-electron chi connectivity index (χ4n) is 4.08. The summed E-state index contributed by atoms with van der Waals surface area (Å²) >= 11 is 5.00. The molecule has 6 nitrogen and oxygen atoms in total. The number of nitrogens with zero attached hydrogens (tertiary/aromatic N) is 1. The first-order valence-electron chi connectivity index (χ1n) is 10.2. The van der Waals surface area contributed by atoms with Crippen LogP contribution in [0.1, 0.15) is 25.7 Å². The maximum atomic E-state index is 12.5. The normalized spacial score (nSPS) is 19.9. The van der Waals surface area contributed by atoms with Crippen molar-refractivity contribution in [1.82, 2.24) is 4.98 Å². The molecule has 1 aliphatic rings. The molecule has 1 aliphatic carbocycles. The average molecular weight is 460 g/mol. The highest BCUT2D eigenvalue weighted by molar-refractivity contribution is 7.90. The third-order valence-corrected chi connectivity index (χ3v) is 7.06. The van der Waals surface area contributed by atoms with Crippen molar-refractivity contribution in [1.29, 1.82) is 0 Å². The number of aromatic hydroxyl groups is 1. The quantitative estimate of drug-likeness (QED) is 0.478. The van der Waals surface area contributed by atoms with E-state index in [1.807, 2.05) is 18.2 Å². The number of hydrogen-bond acceptors (Lipinski definition) is 6. The highest BCUT2D eigenvalue weighted by atomic mass is 35.5. The fraction of sp³-hybridized carbons (Fsp3) is 0.348. The molecule has 0 bridgehead atoms. The van der Waals surface area contributed by atoms with Gasteiger partial charge in [-0.15, -0.1) is 0 Å². The van der Waals surface area contributed by atoms with Gasteiger partial charge in [0.25, 0.3) is 0 Å². The van der Waals surface area contributed by atoms with Crippen LogP contribution in [-0.2, 0) is 11.2 Å². The molecular weight excluding hydrogens is 434 g/mol. The number of ether oxygens (including phenoxy) is 1. The van der Waals surface area contributed by atoms with Gasteiger partial charge in [-0.3, -0.25) is 4.98 Å². The molecule has 4 N–H and O–H groups in total. The number of rotatable bonds is 5. The van der Waals surface area contributed by atoms with Crippen LogP contribution in [-0.4, -0.2) is 40.1 Å². The molecule has 4 rings (SSSR count). The highest BCUT2D eigenvalue weighted by Gasteiger charge is 2.23. The summed E-state index contributed by atoms with van der Waals surface area (Å²) in [5, 5.41) is 14.8. The van der Waals surface area contributed by atoms with Crippen molar-refractivity contribution in [3.8, 4) is 22.6 Å². The molecular formula is C23H26ClN3O3S. The Morgan fingerprint density at radius 2 is 1.94 bits per heavy atom. The zero-order chi connectivity index (χ0) is 22.1. The first-order valence-corrected chi connectivity index (χ1v) is 12.2. The van der Waals surface area contributed by atoms with Crippen LogP contribution in [0.4, 0.5) is 5.69 Å². The summed E-state index contributed by atoms with van der Waals surface area (Å²) in [5.74, 6) is 0.220. The minimum Gasteiger partial charge on any atom is -0.612 e. The molecule has 164 valence electrons. The molecule has 1 aromatic heterocycles. The van der Waals surface area contributed by atoms with Crippen molar-refractivity contribution in [3.05, 3.63) is 41.6 Å². The number of fused-ring (bicyclic) bond motifs is 1. The number of benzene rings is 2. The minimum atomic E-state index is -1.19. The minimum absolute atomic E-state index is 0.0862. The maximum absolute atomic E-state index is 12.5. The zero-order valence-electron chi connectivity index (χ0n) is 17.5. The zero-order valence-corrected chi connectivity index (χ0v) is 19.1. The molecule has 1 fully saturated rings. The average Bonchev–Trinajstić information content (AvgIpc) is 2.76. The van der Waals surface area contributed by atoms with E-state index in [0.717, 1.165) is 53.4 Å². The number of aromatic nitrogens is 1. The van der Waals surface area contributed by atoms with Crippen molar-refractivity contribution in [2.24, 2.45) is 5.73 Å². The molecule has 1 saturated carbocycles. The Labute approximate surface area is 189 Å². The Morgan fingerprint density at radius 3 is 2.61 bits per heavy atom. The van der Waals surface area contributed by atoms with Gasteiger partial charge in [0.1, 0.15) is 11.9 Å². The monoisotopic (exact) mass is 459 g/mol. The van der Waals surface area contributed by atoms with E-state index < -0.39 is 11.2 Å². The lowest BCUT2D eigenvalue weighted by Crippen LogP contribution is -2.33. The van der Waals surface area contributed by atoms with Gasteiger partial charge in [-0.2, -0.15) is 0 Å². The third-order valence-electron chi connectivity index (χ3n) is 5.84. The lowest BCUT2D eigenvalue weighted by atomic mass is 9.91. The Balaban J connectivity index is 1.81. The van der Waals surface area contributed by atoms with Crippen molar-refractivity contribution in [2.45, 2.75) is 42.7 Å². The number of nitrogens with two attached hydrogens (primary N) is 1. The second-order valence-electron chi connectivity index (χ2n) is 7.95. The second-order valence-corrected chi connectivity index (χ2v) is 9.70. The highest BCUT2D eigenvalue weighted by Crippen LogP contribution is 2.40. The number of hydrogen-bond donors (Lipinski definition) is 3. The molecule has 0 spiro atoms. The van der Waals surface area contributed by atoms with Crippen molar-refractivity contribution >= 4 is 39.4 Å². The van der Waals surface area contributed by atoms with E-state index in [-0.39, 0.29) is 22.9 Å². The molecule has 1 atom stereocenters. The summed E-state index contributed by atoms with van der Waals surface area (Å²) in [6, 6.07) is 9.87. The van der Waals surface area contributed by atoms with Gasteiger partial charge in [-0.1, -0.05) is 17.7 Å². The van der Waals surface area contributed by atoms with Gasteiger partial charge in [-0.05, 0) is 72.3 Å². The van der Waals surface area contributed by atoms with Gasteiger partial charge >= 0.3 is 0 Å². The molecule has 0 saturated heterocycles. The van der Waals surface area contributed by atoms with Gasteiger partial charge in [-0.25, -0.2) is 0 Å². The molecule has 8 heteroatoms.